The molecule has 0 atom stereocenters. The van der Waals surface area contributed by atoms with Crippen LogP contribution in [0.15, 0.2) is 4.99 Å². The number of hydrogen-bond donors (Lipinski definition) is 1. The Labute approximate surface area is 58.4 Å². The quantitative estimate of drug-likeness (QED) is 0.261. The van der Waals surface area contributed by atoms with E-state index in [1.165, 1.54) is 11.8 Å². The molecular formula is C4H6N2S2. The lowest BCUT2D eigenvalue weighted by molar-refractivity contribution is 1.44. The summed E-state index contributed by atoms with van der Waals surface area (Å²) in [5.41, 5.74) is 0. The minimum atomic E-state index is 0.550. The highest BCUT2D eigenvalue weighted by atomic mass is 32.2. The fourth-order valence-corrected chi connectivity index (χ4v) is 0.921. The molecule has 8 heavy (non-hydrogen) atoms. The van der Waals surface area contributed by atoms with Crippen LogP contribution in [0.2, 0.25) is 0 Å². The monoisotopic (exact) mass is 146 g/mol. The summed E-state index contributed by atoms with van der Waals surface area (Å²) in [5, 5.41) is 8.77. The molecule has 0 N–H and O–H groups in total. The minimum absolute atomic E-state index is 0.550. The van der Waals surface area contributed by atoms with Crippen LogP contribution >= 0.6 is 24.4 Å². The van der Waals surface area contributed by atoms with Gasteiger partial charge in [-0.15, -0.1) is 11.8 Å². The topological polar surface area (TPSA) is 36.1 Å². The van der Waals surface area contributed by atoms with Gasteiger partial charge >= 0.3 is 0 Å². The summed E-state index contributed by atoms with van der Waals surface area (Å²) < 4.78 is 0. The highest BCUT2D eigenvalue weighted by Gasteiger charge is 1.88. The first-order valence-electron chi connectivity index (χ1n) is 1.95. The minimum Gasteiger partial charge on any atom is -0.172 e. The predicted octanol–water partition coefficient (Wildman–Crippen LogP) is 1.16. The first-order valence-corrected chi connectivity index (χ1v) is 3.81. The van der Waals surface area contributed by atoms with Crippen molar-refractivity contribution in [2.24, 2.45) is 4.99 Å². The molecule has 2 nitrogen and oxygen atoms in total. The molecule has 0 radical (unpaired) electrons. The predicted molar refractivity (Wildman–Crippen MR) is 40.4 cm³/mol. The molecule has 0 aliphatic rings. The number of aliphatic imine (C=N–C) groups is 1. The van der Waals surface area contributed by atoms with Gasteiger partial charge in [0.05, 0.1) is 5.04 Å². The third kappa shape index (κ3) is 2.94. The van der Waals surface area contributed by atoms with E-state index in [2.05, 4.69) is 17.6 Å². The van der Waals surface area contributed by atoms with Crippen LogP contribution in [0.3, 0.4) is 0 Å². The van der Waals surface area contributed by atoms with Crippen LogP contribution in [0.5, 0.6) is 0 Å². The highest BCUT2D eigenvalue weighted by Crippen LogP contribution is 1.98. The first-order chi connectivity index (χ1) is 3.85. The van der Waals surface area contributed by atoms with Gasteiger partial charge < -0.3 is 0 Å². The SMILES string of the molecule is CSC(CS)=NC#N. The summed E-state index contributed by atoms with van der Waals surface area (Å²) in [6, 6.07) is 0. The van der Waals surface area contributed by atoms with Crippen molar-refractivity contribution in [3.05, 3.63) is 0 Å². The summed E-state index contributed by atoms with van der Waals surface area (Å²) in [6.45, 7) is 0. The Morgan fingerprint density at radius 2 is 2.62 bits per heavy atom. The largest absolute Gasteiger partial charge is 0.206 e. The number of rotatable bonds is 1. The summed E-state index contributed by atoms with van der Waals surface area (Å²) in [5.74, 6) is 0.550. The van der Waals surface area contributed by atoms with Crippen molar-refractivity contribution in [2.75, 3.05) is 12.0 Å². The molecule has 0 aliphatic carbocycles. The Bertz CT molecular complexity index is 118. The number of thiol groups is 1. The lowest BCUT2D eigenvalue weighted by Gasteiger charge is -1.88. The van der Waals surface area contributed by atoms with Crippen molar-refractivity contribution < 1.29 is 0 Å². The van der Waals surface area contributed by atoms with E-state index < -0.39 is 0 Å². The smallest absolute Gasteiger partial charge is 0.172 e. The maximum absolute atomic E-state index is 8.01. The molecule has 0 rings (SSSR count). The van der Waals surface area contributed by atoms with E-state index in [0.717, 1.165) is 5.04 Å². The van der Waals surface area contributed by atoms with Crippen molar-refractivity contribution in [1.82, 2.24) is 0 Å². The number of thioether (sulfide) groups is 1. The van der Waals surface area contributed by atoms with Crippen LogP contribution in [-0.4, -0.2) is 17.1 Å². The van der Waals surface area contributed by atoms with Crippen LogP contribution in [-0.2, 0) is 0 Å². The Morgan fingerprint density at radius 3 is 2.75 bits per heavy atom. The molecule has 0 aromatic rings. The molecule has 0 aliphatic heterocycles. The second-order valence-electron chi connectivity index (χ2n) is 0.968. The van der Waals surface area contributed by atoms with Gasteiger partial charge in [-0.1, -0.05) is 0 Å². The van der Waals surface area contributed by atoms with E-state index in [9.17, 15) is 0 Å². The van der Waals surface area contributed by atoms with Crippen LogP contribution in [0, 0.1) is 11.5 Å². The molecule has 0 fully saturated rings. The zero-order chi connectivity index (χ0) is 6.41. The van der Waals surface area contributed by atoms with Crippen LogP contribution in [0.25, 0.3) is 0 Å². The molecule has 0 saturated carbocycles. The lowest BCUT2D eigenvalue weighted by Crippen LogP contribution is -1.89. The van der Waals surface area contributed by atoms with Gasteiger partial charge in [-0.2, -0.15) is 22.9 Å². The molecule has 4 heteroatoms. The molecular weight excluding hydrogens is 140 g/mol. The summed E-state index contributed by atoms with van der Waals surface area (Å²) in [4.78, 5) is 3.47. The third-order valence-corrected chi connectivity index (χ3v) is 1.77. The number of nitrogens with zero attached hydrogens (tertiary/aromatic N) is 2. The Morgan fingerprint density at radius 1 is 2.00 bits per heavy atom. The van der Waals surface area contributed by atoms with Gasteiger partial charge in [0.1, 0.15) is 0 Å². The lowest BCUT2D eigenvalue weighted by atomic mass is 10.8. The molecule has 0 aromatic carbocycles. The van der Waals surface area contributed by atoms with Crippen LogP contribution in [0.1, 0.15) is 0 Å². The van der Waals surface area contributed by atoms with E-state index in [0.29, 0.717) is 5.75 Å². The summed E-state index contributed by atoms with van der Waals surface area (Å²) in [6.07, 6.45) is 3.56. The van der Waals surface area contributed by atoms with Gasteiger partial charge in [0, 0.05) is 5.75 Å². The van der Waals surface area contributed by atoms with Gasteiger partial charge in [0.15, 0.2) is 0 Å². The fraction of sp³-hybridized carbons (Fsp3) is 0.500. The Kier molecular flexibility index (Phi) is 4.92. The molecule has 0 saturated heterocycles. The molecule has 0 amide bonds. The molecule has 0 heterocycles. The fourth-order valence-electron chi connectivity index (χ4n) is 0.201. The normalized spacial score (nSPS) is 10.9. The standard InChI is InChI=1S/C4H6N2S2/c1-8-4(2-7)6-3-5/h7H,2H2,1H3. The Hall–Kier alpha value is -0.140. The van der Waals surface area contributed by atoms with Gasteiger partial charge in [0.25, 0.3) is 0 Å². The van der Waals surface area contributed by atoms with Gasteiger partial charge in [0.2, 0.25) is 6.19 Å². The van der Waals surface area contributed by atoms with Crippen molar-refractivity contribution >= 4 is 29.4 Å². The molecule has 0 spiro atoms. The summed E-state index contributed by atoms with van der Waals surface area (Å²) in [7, 11) is 0. The van der Waals surface area contributed by atoms with Gasteiger partial charge in [-0.3, -0.25) is 0 Å². The van der Waals surface area contributed by atoms with Crippen molar-refractivity contribution in [3.8, 4) is 6.19 Å². The van der Waals surface area contributed by atoms with E-state index in [1.807, 2.05) is 6.26 Å². The van der Waals surface area contributed by atoms with Crippen LogP contribution in [0.4, 0.5) is 0 Å². The average Bonchev–Trinajstić information content (AvgIpc) is 1.83. The highest BCUT2D eigenvalue weighted by molar-refractivity contribution is 8.14. The van der Waals surface area contributed by atoms with E-state index >= 15 is 0 Å². The maximum Gasteiger partial charge on any atom is 0.206 e. The Balaban J connectivity index is 3.72. The average molecular weight is 146 g/mol. The van der Waals surface area contributed by atoms with E-state index in [-0.39, 0.29) is 0 Å². The van der Waals surface area contributed by atoms with Crippen LogP contribution < -0.4 is 0 Å². The van der Waals surface area contributed by atoms with Crippen molar-refractivity contribution in [3.63, 3.8) is 0 Å². The third-order valence-electron chi connectivity index (χ3n) is 0.546. The maximum atomic E-state index is 8.01. The second kappa shape index (κ2) is 5.01. The zero-order valence-electron chi connectivity index (χ0n) is 4.46. The summed E-state index contributed by atoms with van der Waals surface area (Å²) >= 11 is 5.37. The zero-order valence-corrected chi connectivity index (χ0v) is 6.17. The molecule has 44 valence electrons. The first kappa shape index (κ1) is 7.86. The second-order valence-corrected chi connectivity index (χ2v) is 2.16. The van der Waals surface area contributed by atoms with E-state index in [1.54, 1.807) is 6.19 Å². The van der Waals surface area contributed by atoms with Gasteiger partial charge in [-0.25, -0.2) is 0 Å². The van der Waals surface area contributed by atoms with Gasteiger partial charge in [-0.05, 0) is 6.26 Å². The molecule has 0 bridgehead atoms. The van der Waals surface area contributed by atoms with Crippen molar-refractivity contribution in [2.45, 2.75) is 0 Å². The molecule has 0 aromatic heterocycles. The number of nitriles is 1. The molecule has 0 unspecified atom stereocenters. The van der Waals surface area contributed by atoms with E-state index in [4.69, 9.17) is 5.26 Å². The number of hydrogen-bond acceptors (Lipinski definition) is 4. The van der Waals surface area contributed by atoms with Crippen molar-refractivity contribution in [1.29, 1.82) is 5.26 Å².